The highest BCUT2D eigenvalue weighted by atomic mass is 16.1. The molecule has 1 amide bonds. The molecule has 0 aliphatic heterocycles. The summed E-state index contributed by atoms with van der Waals surface area (Å²) in [6, 6.07) is 2.70. The van der Waals surface area contributed by atoms with Crippen molar-refractivity contribution in [2.24, 2.45) is 0 Å². The van der Waals surface area contributed by atoms with Crippen molar-refractivity contribution in [3.63, 3.8) is 0 Å². The monoisotopic (exact) mass is 249 g/mol. The second kappa shape index (κ2) is 6.75. The summed E-state index contributed by atoms with van der Waals surface area (Å²) in [6.07, 6.45) is 9.86. The van der Waals surface area contributed by atoms with Gasteiger partial charge in [-0.05, 0) is 25.7 Å². The minimum Gasteiger partial charge on any atom is -0.353 e. The van der Waals surface area contributed by atoms with Crippen LogP contribution >= 0.6 is 0 Å². The van der Waals surface area contributed by atoms with Crippen molar-refractivity contribution in [3.05, 3.63) is 0 Å². The summed E-state index contributed by atoms with van der Waals surface area (Å²) in [7, 11) is 0. The van der Waals surface area contributed by atoms with E-state index in [9.17, 15) is 4.79 Å². The molecule has 1 atom stereocenters. The first-order chi connectivity index (χ1) is 8.78. The topological polar surface area (TPSA) is 64.9 Å². The van der Waals surface area contributed by atoms with Crippen LogP contribution in [0.1, 0.15) is 57.8 Å². The van der Waals surface area contributed by atoms with E-state index in [0.717, 1.165) is 25.7 Å². The highest BCUT2D eigenvalue weighted by Gasteiger charge is 2.25. The Morgan fingerprint density at radius 3 is 2.33 bits per heavy atom. The van der Waals surface area contributed by atoms with Gasteiger partial charge in [0.25, 0.3) is 0 Å². The summed E-state index contributed by atoms with van der Waals surface area (Å²) in [5.74, 6) is 0.0187. The molecule has 4 heteroatoms. The van der Waals surface area contributed by atoms with Crippen LogP contribution in [0.15, 0.2) is 0 Å². The van der Waals surface area contributed by atoms with E-state index in [1.807, 2.05) is 0 Å². The molecule has 100 valence electrons. The summed E-state index contributed by atoms with van der Waals surface area (Å²) in [6.45, 7) is 0. The van der Waals surface area contributed by atoms with Crippen LogP contribution in [0.3, 0.4) is 0 Å². The maximum atomic E-state index is 11.7. The lowest BCUT2D eigenvalue weighted by Gasteiger charge is -2.20. The maximum absolute atomic E-state index is 11.7. The molecular weight excluding hydrogens is 226 g/mol. The number of nitrogens with one attached hydrogen (secondary N) is 2. The van der Waals surface area contributed by atoms with E-state index in [0.29, 0.717) is 18.5 Å². The lowest BCUT2D eigenvalue weighted by atomic mass is 10.1. The van der Waals surface area contributed by atoms with Gasteiger partial charge in [0.05, 0.1) is 12.5 Å². The Morgan fingerprint density at radius 1 is 1.11 bits per heavy atom. The van der Waals surface area contributed by atoms with Crippen LogP contribution < -0.4 is 10.6 Å². The van der Waals surface area contributed by atoms with Crippen LogP contribution in [-0.2, 0) is 4.79 Å². The minimum absolute atomic E-state index is 0.0187. The Balaban J connectivity index is 1.73. The Kier molecular flexibility index (Phi) is 5.00. The van der Waals surface area contributed by atoms with Crippen molar-refractivity contribution < 1.29 is 4.79 Å². The summed E-state index contributed by atoms with van der Waals surface area (Å²) < 4.78 is 0. The highest BCUT2D eigenvalue weighted by Crippen LogP contribution is 2.19. The van der Waals surface area contributed by atoms with Crippen molar-refractivity contribution in [2.45, 2.75) is 75.9 Å². The number of amides is 1. The second-order valence-electron chi connectivity index (χ2n) is 5.58. The Bertz CT molecular complexity index is 311. The third kappa shape index (κ3) is 4.66. The van der Waals surface area contributed by atoms with Crippen molar-refractivity contribution in [3.8, 4) is 6.07 Å². The Labute approximate surface area is 109 Å². The fourth-order valence-electron chi connectivity index (χ4n) is 2.57. The van der Waals surface area contributed by atoms with Crippen LogP contribution in [0.2, 0.25) is 0 Å². The molecule has 0 spiro atoms. The lowest BCUT2D eigenvalue weighted by molar-refractivity contribution is -0.121. The van der Waals surface area contributed by atoms with Crippen LogP contribution in [0, 0.1) is 11.3 Å². The van der Waals surface area contributed by atoms with Gasteiger partial charge < -0.3 is 5.32 Å². The quantitative estimate of drug-likeness (QED) is 0.731. The maximum Gasteiger partial charge on any atom is 0.222 e. The number of nitriles is 1. The largest absolute Gasteiger partial charge is 0.353 e. The van der Waals surface area contributed by atoms with E-state index < -0.39 is 0 Å². The van der Waals surface area contributed by atoms with Gasteiger partial charge in [0.1, 0.15) is 6.04 Å². The van der Waals surface area contributed by atoms with Crippen molar-refractivity contribution in [1.29, 1.82) is 5.26 Å². The molecule has 0 bridgehead atoms. The van der Waals surface area contributed by atoms with Gasteiger partial charge in [0, 0.05) is 12.1 Å². The number of hydrogen-bond acceptors (Lipinski definition) is 3. The molecule has 0 radical (unpaired) electrons. The first-order valence-electron chi connectivity index (χ1n) is 7.23. The summed E-state index contributed by atoms with van der Waals surface area (Å²) in [5, 5.41) is 15.4. The van der Waals surface area contributed by atoms with Gasteiger partial charge in [-0.15, -0.1) is 0 Å². The van der Waals surface area contributed by atoms with Gasteiger partial charge in [-0.2, -0.15) is 5.26 Å². The zero-order valence-electron chi connectivity index (χ0n) is 11.0. The van der Waals surface area contributed by atoms with Crippen LogP contribution in [0.5, 0.6) is 0 Å². The number of rotatable bonds is 5. The smallest absolute Gasteiger partial charge is 0.222 e. The predicted octanol–water partition coefficient (Wildman–Crippen LogP) is 1.86. The standard InChI is InChI=1S/C14H23N3O/c15-10-13(9-14(18)17-12-7-8-12)16-11-5-3-1-2-4-6-11/h11-13,16H,1-9H2,(H,17,18). The molecule has 4 nitrogen and oxygen atoms in total. The van der Waals surface area contributed by atoms with Gasteiger partial charge >= 0.3 is 0 Å². The molecule has 0 aromatic heterocycles. The number of carbonyl (C=O) groups excluding carboxylic acids is 1. The first kappa shape index (κ1) is 13.4. The van der Waals surface area contributed by atoms with E-state index in [2.05, 4.69) is 16.7 Å². The average Bonchev–Trinajstić information content (AvgIpc) is 3.16. The normalized spacial score (nSPS) is 22.8. The van der Waals surface area contributed by atoms with Gasteiger partial charge in [0.2, 0.25) is 5.91 Å². The third-order valence-corrected chi connectivity index (χ3v) is 3.78. The molecule has 0 aromatic carbocycles. The van der Waals surface area contributed by atoms with Crippen LogP contribution in [0.25, 0.3) is 0 Å². The van der Waals surface area contributed by atoms with Gasteiger partial charge in [-0.3, -0.25) is 10.1 Å². The van der Waals surface area contributed by atoms with Crippen molar-refractivity contribution in [2.75, 3.05) is 0 Å². The highest BCUT2D eigenvalue weighted by molar-refractivity contribution is 5.77. The van der Waals surface area contributed by atoms with Crippen molar-refractivity contribution in [1.82, 2.24) is 10.6 Å². The molecule has 2 fully saturated rings. The second-order valence-corrected chi connectivity index (χ2v) is 5.58. The molecule has 2 saturated carbocycles. The molecule has 0 aromatic rings. The predicted molar refractivity (Wildman–Crippen MR) is 69.8 cm³/mol. The van der Waals surface area contributed by atoms with E-state index in [1.165, 1.54) is 25.7 Å². The number of carbonyl (C=O) groups is 1. The van der Waals surface area contributed by atoms with Gasteiger partial charge in [-0.25, -0.2) is 0 Å². The minimum atomic E-state index is -0.327. The third-order valence-electron chi connectivity index (χ3n) is 3.78. The molecule has 2 rings (SSSR count). The molecule has 2 aliphatic rings. The molecule has 0 heterocycles. The SMILES string of the molecule is N#CC(CC(=O)NC1CC1)NC1CCCCCC1. The number of hydrogen-bond donors (Lipinski definition) is 2. The van der Waals surface area contributed by atoms with Crippen LogP contribution in [0.4, 0.5) is 0 Å². The zero-order chi connectivity index (χ0) is 12.8. The van der Waals surface area contributed by atoms with E-state index in [1.54, 1.807) is 0 Å². The molecule has 2 aliphatic carbocycles. The molecule has 0 saturated heterocycles. The van der Waals surface area contributed by atoms with Gasteiger partial charge in [0.15, 0.2) is 0 Å². The van der Waals surface area contributed by atoms with Gasteiger partial charge in [-0.1, -0.05) is 25.7 Å². The van der Waals surface area contributed by atoms with E-state index in [4.69, 9.17) is 5.26 Å². The fraction of sp³-hybridized carbons (Fsp3) is 0.857. The zero-order valence-corrected chi connectivity index (χ0v) is 11.0. The lowest BCUT2D eigenvalue weighted by Crippen LogP contribution is -2.41. The van der Waals surface area contributed by atoms with Crippen molar-refractivity contribution >= 4 is 5.91 Å². The summed E-state index contributed by atoms with van der Waals surface area (Å²) in [4.78, 5) is 11.7. The fourth-order valence-corrected chi connectivity index (χ4v) is 2.57. The Hall–Kier alpha value is -1.08. The molecular formula is C14H23N3O. The number of nitrogens with zero attached hydrogens (tertiary/aromatic N) is 1. The van der Waals surface area contributed by atoms with E-state index in [-0.39, 0.29) is 11.9 Å². The first-order valence-corrected chi connectivity index (χ1v) is 7.23. The molecule has 18 heavy (non-hydrogen) atoms. The summed E-state index contributed by atoms with van der Waals surface area (Å²) >= 11 is 0. The molecule has 2 N–H and O–H groups in total. The van der Waals surface area contributed by atoms with E-state index >= 15 is 0 Å². The molecule has 1 unspecified atom stereocenters. The summed E-state index contributed by atoms with van der Waals surface area (Å²) in [5.41, 5.74) is 0. The Morgan fingerprint density at radius 2 is 1.78 bits per heavy atom. The average molecular weight is 249 g/mol. The van der Waals surface area contributed by atoms with Crippen LogP contribution in [-0.4, -0.2) is 24.0 Å².